The van der Waals surface area contributed by atoms with E-state index >= 15 is 0 Å². The number of nitro groups is 2. The van der Waals surface area contributed by atoms with E-state index in [1.165, 1.54) is 42.5 Å². The number of hydrogen-bond acceptors (Lipinski definition) is 7. The quantitative estimate of drug-likeness (QED) is 0.409. The minimum Gasteiger partial charge on any atom is -0.493 e. The number of benzene rings is 2. The van der Waals surface area contributed by atoms with Gasteiger partial charge in [0.05, 0.1) is 22.9 Å². The highest BCUT2D eigenvalue weighted by atomic mass is 16.6. The molecule has 9 heteroatoms. The van der Waals surface area contributed by atoms with Gasteiger partial charge in [0.25, 0.3) is 11.4 Å². The third-order valence-corrected chi connectivity index (χ3v) is 3.14. The van der Waals surface area contributed by atoms with Crippen LogP contribution < -0.4 is 4.74 Å². The predicted octanol–water partition coefficient (Wildman–Crippen LogP) is 3.02. The SMILES string of the molecule is O=C(CCOc1ccc([N+](=O)[O-])cc1)OCc1cccc([N+](=O)[O-])c1. The van der Waals surface area contributed by atoms with Gasteiger partial charge in [0.1, 0.15) is 12.4 Å². The topological polar surface area (TPSA) is 122 Å². The van der Waals surface area contributed by atoms with Gasteiger partial charge in [0, 0.05) is 24.3 Å². The van der Waals surface area contributed by atoms with Crippen molar-refractivity contribution in [2.75, 3.05) is 6.61 Å². The fraction of sp³-hybridized carbons (Fsp3) is 0.188. The lowest BCUT2D eigenvalue weighted by atomic mass is 10.2. The molecule has 2 aromatic rings. The minimum atomic E-state index is -0.524. The number of non-ortho nitro benzene ring substituents is 2. The van der Waals surface area contributed by atoms with Gasteiger partial charge in [0.2, 0.25) is 0 Å². The molecule has 130 valence electrons. The molecule has 0 bridgehead atoms. The van der Waals surface area contributed by atoms with Crippen LogP contribution in [0.2, 0.25) is 0 Å². The molecule has 2 rings (SSSR count). The molecule has 25 heavy (non-hydrogen) atoms. The molecule has 0 radical (unpaired) electrons. The molecular formula is C16H14N2O7. The van der Waals surface area contributed by atoms with Gasteiger partial charge in [-0.25, -0.2) is 0 Å². The maximum absolute atomic E-state index is 11.6. The smallest absolute Gasteiger partial charge is 0.309 e. The average Bonchev–Trinajstić information content (AvgIpc) is 2.60. The van der Waals surface area contributed by atoms with Gasteiger partial charge < -0.3 is 9.47 Å². The van der Waals surface area contributed by atoms with Crippen LogP contribution in [-0.4, -0.2) is 22.4 Å². The molecule has 0 aliphatic rings. The van der Waals surface area contributed by atoms with E-state index in [1.807, 2.05) is 0 Å². The summed E-state index contributed by atoms with van der Waals surface area (Å²) >= 11 is 0. The van der Waals surface area contributed by atoms with Crippen LogP contribution in [0, 0.1) is 20.2 Å². The maximum atomic E-state index is 11.6. The third-order valence-electron chi connectivity index (χ3n) is 3.14. The summed E-state index contributed by atoms with van der Waals surface area (Å²) in [6.07, 6.45) is -0.0219. The van der Waals surface area contributed by atoms with Crippen LogP contribution in [0.25, 0.3) is 0 Å². The highest BCUT2D eigenvalue weighted by Gasteiger charge is 2.09. The van der Waals surface area contributed by atoms with Crippen molar-refractivity contribution in [1.29, 1.82) is 0 Å². The third kappa shape index (κ3) is 5.57. The summed E-state index contributed by atoms with van der Waals surface area (Å²) in [6.45, 7) is -0.0242. The van der Waals surface area contributed by atoms with Crippen LogP contribution in [0.3, 0.4) is 0 Å². The lowest BCUT2D eigenvalue weighted by Crippen LogP contribution is -2.10. The summed E-state index contributed by atoms with van der Waals surface area (Å²) in [4.78, 5) is 31.8. The molecule has 0 atom stereocenters. The van der Waals surface area contributed by atoms with E-state index in [9.17, 15) is 25.0 Å². The molecule has 0 N–H and O–H groups in total. The maximum Gasteiger partial charge on any atom is 0.309 e. The summed E-state index contributed by atoms with van der Waals surface area (Å²) < 4.78 is 10.3. The molecule has 0 heterocycles. The Morgan fingerprint density at radius 2 is 1.64 bits per heavy atom. The van der Waals surface area contributed by atoms with Gasteiger partial charge in [-0.15, -0.1) is 0 Å². The van der Waals surface area contributed by atoms with Crippen LogP contribution in [0.5, 0.6) is 5.75 Å². The molecule has 0 saturated carbocycles. The Balaban J connectivity index is 1.74. The van der Waals surface area contributed by atoms with Crippen molar-refractivity contribution in [3.63, 3.8) is 0 Å². The number of rotatable bonds is 8. The van der Waals surface area contributed by atoms with E-state index in [2.05, 4.69) is 0 Å². The Labute approximate surface area is 142 Å². The average molecular weight is 346 g/mol. The molecule has 0 fully saturated rings. The second-order valence-electron chi connectivity index (χ2n) is 4.94. The summed E-state index contributed by atoms with van der Waals surface area (Å²) in [5.41, 5.74) is 0.387. The molecule has 0 spiro atoms. The Hall–Kier alpha value is -3.49. The Morgan fingerprint density at radius 3 is 2.28 bits per heavy atom. The van der Waals surface area contributed by atoms with Crippen molar-refractivity contribution in [3.05, 3.63) is 74.3 Å². The molecule has 0 amide bonds. The Bertz CT molecular complexity index is 774. The van der Waals surface area contributed by atoms with Crippen molar-refractivity contribution in [2.24, 2.45) is 0 Å². The molecule has 0 aromatic heterocycles. The number of nitro benzene ring substituents is 2. The second-order valence-corrected chi connectivity index (χ2v) is 4.94. The normalized spacial score (nSPS) is 10.1. The minimum absolute atomic E-state index is 0.0219. The van der Waals surface area contributed by atoms with Gasteiger partial charge in [0.15, 0.2) is 0 Å². The number of ether oxygens (including phenoxy) is 2. The summed E-state index contributed by atoms with van der Waals surface area (Å²) in [7, 11) is 0. The molecule has 0 unspecified atom stereocenters. The van der Waals surface area contributed by atoms with Crippen molar-refractivity contribution >= 4 is 17.3 Å². The van der Waals surface area contributed by atoms with Crippen LogP contribution in [0.15, 0.2) is 48.5 Å². The van der Waals surface area contributed by atoms with Gasteiger partial charge in [-0.05, 0) is 17.7 Å². The molecule has 0 saturated heterocycles. The van der Waals surface area contributed by atoms with E-state index in [4.69, 9.17) is 9.47 Å². The first-order valence-electron chi connectivity index (χ1n) is 7.22. The number of esters is 1. The number of carbonyl (C=O) groups excluding carboxylic acids is 1. The zero-order valence-corrected chi connectivity index (χ0v) is 13.0. The largest absolute Gasteiger partial charge is 0.493 e. The van der Waals surface area contributed by atoms with Crippen LogP contribution in [0.1, 0.15) is 12.0 Å². The summed E-state index contributed by atoms with van der Waals surface area (Å²) in [5.74, 6) is -0.120. The van der Waals surface area contributed by atoms with E-state index in [1.54, 1.807) is 6.07 Å². The van der Waals surface area contributed by atoms with Gasteiger partial charge >= 0.3 is 5.97 Å². The first-order valence-corrected chi connectivity index (χ1v) is 7.22. The fourth-order valence-corrected chi connectivity index (χ4v) is 1.91. The van der Waals surface area contributed by atoms with Crippen LogP contribution in [0.4, 0.5) is 11.4 Å². The van der Waals surface area contributed by atoms with Gasteiger partial charge in [-0.2, -0.15) is 0 Å². The number of carbonyl (C=O) groups is 1. The van der Waals surface area contributed by atoms with Crippen molar-refractivity contribution in [1.82, 2.24) is 0 Å². The standard InChI is InChI=1S/C16H14N2O7/c19-16(25-11-12-2-1-3-14(10-12)18(22)23)8-9-24-15-6-4-13(5-7-15)17(20)21/h1-7,10H,8-9,11H2. The highest BCUT2D eigenvalue weighted by Crippen LogP contribution is 2.17. The predicted molar refractivity (Wildman–Crippen MR) is 86.1 cm³/mol. The first kappa shape index (κ1) is 17.9. The second kappa shape index (κ2) is 8.39. The zero-order valence-electron chi connectivity index (χ0n) is 13.0. The zero-order chi connectivity index (χ0) is 18.2. The van der Waals surface area contributed by atoms with Crippen molar-refractivity contribution < 1.29 is 24.1 Å². The van der Waals surface area contributed by atoms with E-state index in [0.717, 1.165) is 0 Å². The monoisotopic (exact) mass is 346 g/mol. The summed E-state index contributed by atoms with van der Waals surface area (Å²) in [6, 6.07) is 11.3. The molecule has 2 aromatic carbocycles. The molecule has 9 nitrogen and oxygen atoms in total. The molecule has 0 aliphatic carbocycles. The van der Waals surface area contributed by atoms with Crippen LogP contribution >= 0.6 is 0 Å². The lowest BCUT2D eigenvalue weighted by molar-refractivity contribution is -0.385. The van der Waals surface area contributed by atoms with Crippen LogP contribution in [-0.2, 0) is 16.1 Å². The van der Waals surface area contributed by atoms with E-state index in [-0.39, 0.29) is 31.0 Å². The fourth-order valence-electron chi connectivity index (χ4n) is 1.91. The Morgan fingerprint density at radius 1 is 0.960 bits per heavy atom. The molecule has 0 aliphatic heterocycles. The van der Waals surface area contributed by atoms with E-state index in [0.29, 0.717) is 11.3 Å². The van der Waals surface area contributed by atoms with Gasteiger partial charge in [-0.3, -0.25) is 25.0 Å². The highest BCUT2D eigenvalue weighted by molar-refractivity contribution is 5.69. The van der Waals surface area contributed by atoms with Gasteiger partial charge in [-0.1, -0.05) is 12.1 Å². The number of hydrogen-bond donors (Lipinski definition) is 0. The lowest BCUT2D eigenvalue weighted by Gasteiger charge is -2.07. The first-order chi connectivity index (χ1) is 12.0. The number of nitrogens with zero attached hydrogens (tertiary/aromatic N) is 2. The molecular weight excluding hydrogens is 332 g/mol. The Kier molecular flexibility index (Phi) is 5.99. The van der Waals surface area contributed by atoms with Crippen molar-refractivity contribution in [3.8, 4) is 5.75 Å². The van der Waals surface area contributed by atoms with E-state index < -0.39 is 15.8 Å². The summed E-state index contributed by atoms with van der Waals surface area (Å²) in [5, 5.41) is 21.2. The van der Waals surface area contributed by atoms with Crippen molar-refractivity contribution in [2.45, 2.75) is 13.0 Å².